The Morgan fingerprint density at radius 2 is 1.84 bits per heavy atom. The first-order valence-corrected chi connectivity index (χ1v) is 9.70. The first-order valence-electron chi connectivity index (χ1n) is 9.33. The first kappa shape index (κ1) is 21.6. The molecule has 0 saturated carbocycles. The normalized spacial score (nSPS) is 11.7. The largest absolute Gasteiger partial charge is 0.416 e. The number of hydrogen-bond donors (Lipinski definition) is 1. The van der Waals surface area contributed by atoms with Crippen LogP contribution in [0.4, 0.5) is 18.9 Å². The molecule has 32 heavy (non-hydrogen) atoms. The minimum atomic E-state index is -4.59. The van der Waals surface area contributed by atoms with Gasteiger partial charge in [-0.05, 0) is 25.1 Å². The van der Waals surface area contributed by atoms with Crippen molar-refractivity contribution in [3.63, 3.8) is 0 Å². The van der Waals surface area contributed by atoms with Gasteiger partial charge in [0.25, 0.3) is 0 Å². The number of carbonyl (C=O) groups excluding carboxylic acids is 1. The van der Waals surface area contributed by atoms with E-state index in [9.17, 15) is 22.8 Å². The highest BCUT2D eigenvalue weighted by molar-refractivity contribution is 6.33. The predicted octanol–water partition coefficient (Wildman–Crippen LogP) is 4.18. The summed E-state index contributed by atoms with van der Waals surface area (Å²) in [5, 5.41) is 6.40. The summed E-state index contributed by atoms with van der Waals surface area (Å²) in [6, 6.07) is 13.5. The first-order chi connectivity index (χ1) is 15.1. The van der Waals surface area contributed by atoms with Crippen molar-refractivity contribution in [2.24, 2.45) is 0 Å². The van der Waals surface area contributed by atoms with E-state index in [0.29, 0.717) is 11.5 Å². The lowest BCUT2D eigenvalue weighted by molar-refractivity contribution is -0.137. The Hall–Kier alpha value is -3.66. The molecule has 0 radical (unpaired) electrons. The number of hydrogen-bond acceptors (Lipinski definition) is 4. The van der Waals surface area contributed by atoms with Crippen molar-refractivity contribution in [2.75, 3.05) is 5.32 Å². The van der Waals surface area contributed by atoms with E-state index >= 15 is 0 Å². The van der Waals surface area contributed by atoms with E-state index in [-0.39, 0.29) is 16.4 Å². The standard InChI is InChI=1S/C21H15ClF3N5O2/c1-12-26-16(13-5-3-2-4-6-13)10-18-28-29(20(32)30(12)18)11-19(31)27-17-9-14(21(23,24)25)7-8-15(17)22/h2-10H,11H2,1H3,(H,27,31). The molecule has 4 rings (SSSR count). The summed E-state index contributed by atoms with van der Waals surface area (Å²) in [5.74, 6) is -0.385. The van der Waals surface area contributed by atoms with Gasteiger partial charge < -0.3 is 5.32 Å². The molecule has 2 heterocycles. The molecule has 1 amide bonds. The maximum absolute atomic E-state index is 12.9. The van der Waals surface area contributed by atoms with Crippen LogP contribution in [0.15, 0.2) is 59.4 Å². The van der Waals surface area contributed by atoms with Gasteiger partial charge in [0.05, 0.1) is 22.0 Å². The van der Waals surface area contributed by atoms with Crippen LogP contribution >= 0.6 is 11.6 Å². The fourth-order valence-corrected chi connectivity index (χ4v) is 3.35. The summed E-state index contributed by atoms with van der Waals surface area (Å²) in [6.07, 6.45) is -4.59. The van der Waals surface area contributed by atoms with Gasteiger partial charge in [0, 0.05) is 11.6 Å². The SMILES string of the molecule is Cc1nc(-c2ccccc2)cc2nn(CC(=O)Nc3cc(C(F)(F)F)ccc3Cl)c(=O)n12. The quantitative estimate of drug-likeness (QED) is 0.494. The van der Waals surface area contributed by atoms with Gasteiger partial charge in [-0.1, -0.05) is 41.9 Å². The zero-order valence-electron chi connectivity index (χ0n) is 16.5. The highest BCUT2D eigenvalue weighted by atomic mass is 35.5. The van der Waals surface area contributed by atoms with Crippen molar-refractivity contribution in [3.05, 3.63) is 81.5 Å². The third-order valence-electron chi connectivity index (χ3n) is 4.67. The van der Waals surface area contributed by atoms with Crippen molar-refractivity contribution in [1.82, 2.24) is 19.2 Å². The average Bonchev–Trinajstić information content (AvgIpc) is 3.05. The molecule has 1 N–H and O–H groups in total. The Kier molecular flexibility index (Phi) is 5.47. The predicted molar refractivity (Wildman–Crippen MR) is 113 cm³/mol. The number of aromatic nitrogens is 4. The molecule has 0 fully saturated rings. The van der Waals surface area contributed by atoms with E-state index in [0.717, 1.165) is 28.4 Å². The van der Waals surface area contributed by atoms with Gasteiger partial charge >= 0.3 is 11.9 Å². The second-order valence-electron chi connectivity index (χ2n) is 6.93. The number of alkyl halides is 3. The second-order valence-corrected chi connectivity index (χ2v) is 7.34. The molecule has 2 aromatic heterocycles. The molecule has 0 spiro atoms. The smallest absolute Gasteiger partial charge is 0.323 e. The van der Waals surface area contributed by atoms with Crippen LogP contribution in [-0.2, 0) is 17.5 Å². The minimum Gasteiger partial charge on any atom is -0.323 e. The summed E-state index contributed by atoms with van der Waals surface area (Å²) in [7, 11) is 0. The molecule has 7 nitrogen and oxygen atoms in total. The molecule has 0 aliphatic carbocycles. The fourth-order valence-electron chi connectivity index (χ4n) is 3.18. The maximum Gasteiger partial charge on any atom is 0.416 e. The molecule has 0 atom stereocenters. The van der Waals surface area contributed by atoms with Crippen molar-refractivity contribution in [3.8, 4) is 11.3 Å². The van der Waals surface area contributed by atoms with Crippen LogP contribution in [0.1, 0.15) is 11.4 Å². The molecule has 0 saturated heterocycles. The highest BCUT2D eigenvalue weighted by Gasteiger charge is 2.31. The molecule has 0 aliphatic rings. The lowest BCUT2D eigenvalue weighted by atomic mass is 10.1. The average molecular weight is 462 g/mol. The Morgan fingerprint density at radius 1 is 1.12 bits per heavy atom. The Labute approximate surface area is 184 Å². The van der Waals surface area contributed by atoms with E-state index in [2.05, 4.69) is 15.4 Å². The number of nitrogens with one attached hydrogen (secondary N) is 1. The lowest BCUT2D eigenvalue weighted by Crippen LogP contribution is -2.29. The molecule has 0 aliphatic heterocycles. The van der Waals surface area contributed by atoms with Crippen molar-refractivity contribution in [1.29, 1.82) is 0 Å². The van der Waals surface area contributed by atoms with Crippen LogP contribution in [0.25, 0.3) is 16.9 Å². The van der Waals surface area contributed by atoms with E-state index in [1.165, 1.54) is 4.40 Å². The Bertz CT molecular complexity index is 1380. The third kappa shape index (κ3) is 4.22. The van der Waals surface area contributed by atoms with Gasteiger partial charge in [-0.2, -0.15) is 13.2 Å². The van der Waals surface area contributed by atoms with Gasteiger partial charge in [-0.25, -0.2) is 18.9 Å². The van der Waals surface area contributed by atoms with Crippen LogP contribution in [0, 0.1) is 6.92 Å². The van der Waals surface area contributed by atoms with Crippen molar-refractivity contribution >= 4 is 28.8 Å². The molecule has 2 aromatic carbocycles. The number of anilines is 1. The minimum absolute atomic E-state index is 0.0683. The molecule has 164 valence electrons. The monoisotopic (exact) mass is 461 g/mol. The zero-order valence-corrected chi connectivity index (χ0v) is 17.3. The van der Waals surface area contributed by atoms with Crippen LogP contribution in [0.3, 0.4) is 0 Å². The number of benzene rings is 2. The summed E-state index contributed by atoms with van der Waals surface area (Å²) in [6.45, 7) is 1.11. The van der Waals surface area contributed by atoms with Gasteiger partial charge in [-0.15, -0.1) is 5.10 Å². The van der Waals surface area contributed by atoms with Gasteiger partial charge in [0.15, 0.2) is 5.65 Å². The summed E-state index contributed by atoms with van der Waals surface area (Å²) in [4.78, 5) is 29.5. The number of halogens is 4. The van der Waals surface area contributed by atoms with Crippen molar-refractivity contribution < 1.29 is 18.0 Å². The second kappa shape index (κ2) is 8.12. The third-order valence-corrected chi connectivity index (χ3v) is 5.00. The molecular formula is C21H15ClF3N5O2. The lowest BCUT2D eigenvalue weighted by Gasteiger charge is -2.11. The van der Waals surface area contributed by atoms with Crippen LogP contribution in [0.2, 0.25) is 5.02 Å². The van der Waals surface area contributed by atoms with Crippen LogP contribution < -0.4 is 11.0 Å². The molecule has 0 bridgehead atoms. The fraction of sp³-hybridized carbons (Fsp3) is 0.143. The Morgan fingerprint density at radius 3 is 2.53 bits per heavy atom. The zero-order chi connectivity index (χ0) is 23.0. The summed E-state index contributed by atoms with van der Waals surface area (Å²) >= 11 is 5.91. The van der Waals surface area contributed by atoms with Gasteiger partial charge in [0.2, 0.25) is 5.91 Å². The van der Waals surface area contributed by atoms with Crippen LogP contribution in [-0.4, -0.2) is 25.1 Å². The highest BCUT2D eigenvalue weighted by Crippen LogP contribution is 2.33. The van der Waals surface area contributed by atoms with Crippen LogP contribution in [0.5, 0.6) is 0 Å². The Balaban J connectivity index is 1.62. The molecular weight excluding hydrogens is 447 g/mol. The molecule has 11 heteroatoms. The number of aryl methyl sites for hydroxylation is 1. The van der Waals surface area contributed by atoms with E-state index in [1.54, 1.807) is 13.0 Å². The summed E-state index contributed by atoms with van der Waals surface area (Å²) < 4.78 is 40.9. The number of nitrogens with zero attached hydrogens (tertiary/aromatic N) is 4. The summed E-state index contributed by atoms with van der Waals surface area (Å²) in [5.41, 5.74) is -0.0594. The number of rotatable bonds is 4. The van der Waals surface area contributed by atoms with Gasteiger partial charge in [-0.3, -0.25) is 4.79 Å². The number of fused-ring (bicyclic) bond motifs is 1. The van der Waals surface area contributed by atoms with E-state index in [4.69, 9.17) is 11.6 Å². The topological polar surface area (TPSA) is 81.3 Å². The van der Waals surface area contributed by atoms with Gasteiger partial charge in [0.1, 0.15) is 12.4 Å². The van der Waals surface area contributed by atoms with E-state index < -0.39 is 29.9 Å². The van der Waals surface area contributed by atoms with Crippen molar-refractivity contribution in [2.45, 2.75) is 19.6 Å². The maximum atomic E-state index is 12.9. The molecule has 4 aromatic rings. The molecule has 0 unspecified atom stereocenters. The van der Waals surface area contributed by atoms with E-state index in [1.807, 2.05) is 30.3 Å². The number of amides is 1. The number of carbonyl (C=O) groups is 1.